The van der Waals surface area contributed by atoms with Gasteiger partial charge in [-0.15, -0.1) is 0 Å². The first kappa shape index (κ1) is 22.3. The molecule has 3 heterocycles. The van der Waals surface area contributed by atoms with E-state index in [1.54, 1.807) is 23.4 Å². The van der Waals surface area contributed by atoms with E-state index in [0.29, 0.717) is 17.8 Å². The molecule has 8 nitrogen and oxygen atoms in total. The van der Waals surface area contributed by atoms with E-state index in [9.17, 15) is 10.1 Å². The molecule has 1 saturated heterocycles. The summed E-state index contributed by atoms with van der Waals surface area (Å²) >= 11 is 0. The highest BCUT2D eigenvalue weighted by Crippen LogP contribution is 2.48. The lowest BCUT2D eigenvalue weighted by molar-refractivity contribution is -0.0264. The van der Waals surface area contributed by atoms with E-state index in [4.69, 9.17) is 4.74 Å². The van der Waals surface area contributed by atoms with Crippen molar-refractivity contribution >= 4 is 22.8 Å². The summed E-state index contributed by atoms with van der Waals surface area (Å²) in [6, 6.07) is 7.78. The van der Waals surface area contributed by atoms with Crippen LogP contribution < -0.4 is 4.90 Å². The molecule has 2 aliphatic rings. The minimum absolute atomic E-state index is 0.0720. The Kier molecular flexibility index (Phi) is 5.12. The fourth-order valence-electron chi connectivity index (χ4n) is 5.48. The molecule has 1 aromatic carbocycles. The summed E-state index contributed by atoms with van der Waals surface area (Å²) in [6.45, 7) is 9.70. The number of hydrogen-bond donors (Lipinski definition) is 0. The first-order valence-electron chi connectivity index (χ1n) is 11.8. The van der Waals surface area contributed by atoms with E-state index in [1.807, 2.05) is 18.5 Å². The normalized spacial score (nSPS) is 25.0. The van der Waals surface area contributed by atoms with Gasteiger partial charge in [-0.3, -0.25) is 4.90 Å². The third-order valence-corrected chi connectivity index (χ3v) is 7.06. The number of imidazole rings is 1. The summed E-state index contributed by atoms with van der Waals surface area (Å²) in [4.78, 5) is 28.1. The van der Waals surface area contributed by atoms with Crippen molar-refractivity contribution in [2.24, 2.45) is 5.41 Å². The van der Waals surface area contributed by atoms with Crippen molar-refractivity contribution in [2.45, 2.75) is 70.9 Å². The second-order valence-electron chi connectivity index (χ2n) is 11.2. The standard InChI is InChI=1S/C26H30N6O2/c1-24(2,3)22-28-12-19(13-29-22)32-16-26(34-23(32)33)9-5-8-25(4,14-26)15-31-17-30-20-7-6-18(11-27)10-21(20)31/h6-7,10,12-13,17H,5,8-9,14-16H2,1-4H3/t25-,26-/m0/s1. The lowest BCUT2D eigenvalue weighted by Crippen LogP contribution is -2.45. The fourth-order valence-corrected chi connectivity index (χ4v) is 5.48. The molecular formula is C26H30N6O2. The van der Waals surface area contributed by atoms with Crippen LogP contribution in [0.3, 0.4) is 0 Å². The number of benzene rings is 1. The maximum Gasteiger partial charge on any atom is 0.415 e. The Labute approximate surface area is 199 Å². The molecule has 34 heavy (non-hydrogen) atoms. The molecule has 1 amide bonds. The number of rotatable bonds is 3. The molecular weight excluding hydrogens is 428 g/mol. The van der Waals surface area contributed by atoms with E-state index in [1.165, 1.54) is 0 Å². The third-order valence-electron chi connectivity index (χ3n) is 7.06. The van der Waals surface area contributed by atoms with Crippen molar-refractivity contribution in [3.8, 4) is 6.07 Å². The van der Waals surface area contributed by atoms with Crippen LogP contribution in [0.25, 0.3) is 11.0 Å². The number of carbonyl (C=O) groups excluding carboxylic acids is 1. The van der Waals surface area contributed by atoms with Crippen molar-refractivity contribution in [1.82, 2.24) is 19.5 Å². The predicted molar refractivity (Wildman–Crippen MR) is 128 cm³/mol. The molecule has 0 radical (unpaired) electrons. The average Bonchev–Trinajstić information content (AvgIpc) is 3.32. The predicted octanol–water partition coefficient (Wildman–Crippen LogP) is 4.97. The minimum atomic E-state index is -0.527. The lowest BCUT2D eigenvalue weighted by Gasteiger charge is -2.43. The summed E-state index contributed by atoms with van der Waals surface area (Å²) in [5.41, 5.74) is 2.39. The van der Waals surface area contributed by atoms with Crippen LogP contribution in [0.2, 0.25) is 0 Å². The summed E-state index contributed by atoms with van der Waals surface area (Å²) in [7, 11) is 0. The van der Waals surface area contributed by atoms with Crippen LogP contribution in [0.1, 0.15) is 64.8 Å². The van der Waals surface area contributed by atoms with Gasteiger partial charge in [-0.2, -0.15) is 5.26 Å². The van der Waals surface area contributed by atoms with Crippen molar-refractivity contribution in [1.29, 1.82) is 5.26 Å². The quantitative estimate of drug-likeness (QED) is 0.550. The van der Waals surface area contributed by atoms with Gasteiger partial charge in [-0.05, 0) is 49.3 Å². The van der Waals surface area contributed by atoms with Crippen LogP contribution in [-0.4, -0.2) is 37.8 Å². The zero-order valence-corrected chi connectivity index (χ0v) is 20.2. The zero-order valence-electron chi connectivity index (χ0n) is 20.2. The highest BCUT2D eigenvalue weighted by molar-refractivity contribution is 5.90. The fraction of sp³-hybridized carbons (Fsp3) is 0.500. The zero-order chi connectivity index (χ0) is 24.1. The Morgan fingerprint density at radius 2 is 1.94 bits per heavy atom. The molecule has 0 unspecified atom stereocenters. The number of carbonyl (C=O) groups is 1. The van der Waals surface area contributed by atoms with Crippen molar-refractivity contribution in [3.05, 3.63) is 48.3 Å². The highest BCUT2D eigenvalue weighted by atomic mass is 16.6. The second kappa shape index (κ2) is 7.79. The van der Waals surface area contributed by atoms with Crippen LogP contribution in [0.5, 0.6) is 0 Å². The summed E-state index contributed by atoms with van der Waals surface area (Å²) in [5, 5.41) is 9.29. The average molecular weight is 459 g/mol. The maximum atomic E-state index is 12.9. The van der Waals surface area contributed by atoms with Gasteiger partial charge in [0.1, 0.15) is 11.4 Å². The first-order valence-corrected chi connectivity index (χ1v) is 11.8. The van der Waals surface area contributed by atoms with E-state index in [0.717, 1.165) is 49.1 Å². The molecule has 8 heteroatoms. The molecule has 1 spiro atoms. The third kappa shape index (κ3) is 4.00. The van der Waals surface area contributed by atoms with Gasteiger partial charge in [0.15, 0.2) is 0 Å². The van der Waals surface area contributed by atoms with E-state index in [-0.39, 0.29) is 16.9 Å². The lowest BCUT2D eigenvalue weighted by atomic mass is 9.68. The smallest absolute Gasteiger partial charge is 0.415 e. The number of nitrogens with zero attached hydrogens (tertiary/aromatic N) is 6. The van der Waals surface area contributed by atoms with Crippen LogP contribution >= 0.6 is 0 Å². The number of hydrogen-bond acceptors (Lipinski definition) is 6. The molecule has 2 atom stereocenters. The molecule has 2 fully saturated rings. The molecule has 3 aromatic rings. The van der Waals surface area contributed by atoms with Crippen LogP contribution in [0.15, 0.2) is 36.9 Å². The second-order valence-corrected chi connectivity index (χ2v) is 11.2. The van der Waals surface area contributed by atoms with Crippen molar-refractivity contribution in [3.63, 3.8) is 0 Å². The summed E-state index contributed by atoms with van der Waals surface area (Å²) < 4.78 is 8.18. The molecule has 176 valence electrons. The molecule has 0 bridgehead atoms. The number of ether oxygens (including phenoxy) is 1. The van der Waals surface area contributed by atoms with Gasteiger partial charge in [0, 0.05) is 12.0 Å². The number of fused-ring (bicyclic) bond motifs is 1. The van der Waals surface area contributed by atoms with Crippen LogP contribution in [-0.2, 0) is 16.7 Å². The van der Waals surface area contributed by atoms with E-state index >= 15 is 0 Å². The summed E-state index contributed by atoms with van der Waals surface area (Å²) in [5.74, 6) is 0.746. The van der Waals surface area contributed by atoms with Gasteiger partial charge in [-0.25, -0.2) is 19.7 Å². The summed E-state index contributed by atoms with van der Waals surface area (Å²) in [6.07, 6.45) is 8.58. The van der Waals surface area contributed by atoms with E-state index < -0.39 is 5.60 Å². The Balaban J connectivity index is 1.36. The maximum absolute atomic E-state index is 12.9. The molecule has 1 saturated carbocycles. The van der Waals surface area contributed by atoms with Crippen LogP contribution in [0, 0.1) is 16.7 Å². The molecule has 0 N–H and O–H groups in total. The van der Waals surface area contributed by atoms with Gasteiger partial charge >= 0.3 is 6.09 Å². The minimum Gasteiger partial charge on any atom is -0.441 e. The largest absolute Gasteiger partial charge is 0.441 e. The molecule has 1 aliphatic heterocycles. The highest BCUT2D eigenvalue weighted by Gasteiger charge is 2.51. The number of aromatic nitrogens is 4. The van der Waals surface area contributed by atoms with Gasteiger partial charge < -0.3 is 9.30 Å². The van der Waals surface area contributed by atoms with Gasteiger partial charge in [0.25, 0.3) is 0 Å². The Morgan fingerprint density at radius 3 is 2.65 bits per heavy atom. The Morgan fingerprint density at radius 1 is 1.18 bits per heavy atom. The van der Waals surface area contributed by atoms with Gasteiger partial charge in [-0.1, -0.05) is 27.7 Å². The number of anilines is 1. The number of nitriles is 1. The van der Waals surface area contributed by atoms with Crippen molar-refractivity contribution < 1.29 is 9.53 Å². The van der Waals surface area contributed by atoms with Crippen LogP contribution in [0.4, 0.5) is 10.5 Å². The number of amides is 1. The van der Waals surface area contributed by atoms with Gasteiger partial charge in [0.05, 0.1) is 53.6 Å². The monoisotopic (exact) mass is 458 g/mol. The topological polar surface area (TPSA) is 96.9 Å². The van der Waals surface area contributed by atoms with Crippen molar-refractivity contribution in [2.75, 3.05) is 11.4 Å². The molecule has 2 aromatic heterocycles. The van der Waals surface area contributed by atoms with E-state index in [2.05, 4.69) is 53.3 Å². The Hall–Kier alpha value is -3.47. The molecule has 5 rings (SSSR count). The SMILES string of the molecule is CC(C)(C)c1ncc(N2C[C@@]3(CCC[C@](C)(Cn4cnc5ccc(C#N)cc54)C3)OC2=O)cn1. The Bertz CT molecular complexity index is 1290. The molecule has 1 aliphatic carbocycles. The first-order chi connectivity index (χ1) is 16.1. The van der Waals surface area contributed by atoms with Gasteiger partial charge in [0.2, 0.25) is 0 Å².